The smallest absolute Gasteiger partial charge is 0.414 e. The van der Waals surface area contributed by atoms with Gasteiger partial charge < -0.3 is 15.2 Å². The van der Waals surface area contributed by atoms with E-state index in [9.17, 15) is 9.18 Å². The van der Waals surface area contributed by atoms with Crippen LogP contribution in [0.25, 0.3) is 0 Å². The molecule has 22 heavy (non-hydrogen) atoms. The Morgan fingerprint density at radius 3 is 3.05 bits per heavy atom. The fourth-order valence-corrected chi connectivity index (χ4v) is 2.78. The molecule has 1 heterocycles. The molecule has 2 N–H and O–H groups in total. The third-order valence-corrected chi connectivity index (χ3v) is 4.20. The number of hydrogen-bond donors (Lipinski definition) is 2. The molecule has 0 aromatic heterocycles. The number of hydrogen-bond acceptors (Lipinski definition) is 5. The molecule has 1 saturated heterocycles. The van der Waals surface area contributed by atoms with Crippen LogP contribution in [-0.4, -0.2) is 47.7 Å². The van der Waals surface area contributed by atoms with Gasteiger partial charge in [-0.2, -0.15) is 0 Å². The van der Waals surface area contributed by atoms with E-state index in [2.05, 4.69) is 5.32 Å². The summed E-state index contributed by atoms with van der Waals surface area (Å²) in [6, 6.07) is 4.58. The Labute approximate surface area is 137 Å². The summed E-state index contributed by atoms with van der Waals surface area (Å²) in [6.45, 7) is 2.52. The lowest BCUT2D eigenvalue weighted by atomic mass is 10.2. The average molecular weight is 344 g/mol. The second-order valence-electron chi connectivity index (χ2n) is 4.74. The van der Waals surface area contributed by atoms with Crippen LogP contribution in [0.5, 0.6) is 0 Å². The molecule has 5 nitrogen and oxygen atoms in total. The summed E-state index contributed by atoms with van der Waals surface area (Å²) < 4.78 is 19.2. The molecule has 1 unspecified atom stereocenters. The molecule has 0 saturated carbocycles. The van der Waals surface area contributed by atoms with Crippen LogP contribution in [0, 0.1) is 5.82 Å². The summed E-state index contributed by atoms with van der Waals surface area (Å²) in [6.07, 6.45) is -0.819. The lowest BCUT2D eigenvalue weighted by Gasteiger charge is -2.14. The second-order valence-corrected chi connectivity index (χ2v) is 6.49. The predicted molar refractivity (Wildman–Crippen MR) is 88.1 cm³/mol. The van der Waals surface area contributed by atoms with Gasteiger partial charge in [0, 0.05) is 10.6 Å². The number of rotatable bonds is 6. The maximum atomic E-state index is 14.0. The van der Waals surface area contributed by atoms with E-state index in [1.807, 2.05) is 0 Å². The number of aliphatic hydroxyl groups is 1. The predicted octanol–water partition coefficient (Wildman–Crippen LogP) is 2.17. The number of nitrogens with one attached hydrogen (secondary N) is 1. The van der Waals surface area contributed by atoms with E-state index < -0.39 is 11.9 Å². The van der Waals surface area contributed by atoms with E-state index in [1.54, 1.807) is 19.1 Å². The number of thioether (sulfide) groups is 1. The van der Waals surface area contributed by atoms with Gasteiger partial charge in [0.2, 0.25) is 0 Å². The second kappa shape index (κ2) is 7.75. The number of ether oxygens (including phenoxy) is 1. The van der Waals surface area contributed by atoms with E-state index in [1.165, 1.54) is 22.7 Å². The number of halogens is 1. The van der Waals surface area contributed by atoms with Crippen LogP contribution in [0.3, 0.4) is 0 Å². The van der Waals surface area contributed by atoms with Crippen LogP contribution in [0.2, 0.25) is 0 Å². The summed E-state index contributed by atoms with van der Waals surface area (Å²) >= 11 is 6.14. The van der Waals surface area contributed by atoms with Gasteiger partial charge in [0.05, 0.1) is 30.4 Å². The van der Waals surface area contributed by atoms with Crippen molar-refractivity contribution in [3.8, 4) is 0 Å². The number of benzene rings is 1. The number of aliphatic hydroxyl groups excluding tert-OH is 1. The molecule has 1 aliphatic heterocycles. The topological polar surface area (TPSA) is 61.8 Å². The van der Waals surface area contributed by atoms with Crippen LogP contribution in [0.15, 0.2) is 23.1 Å². The fraction of sp³-hybridized carbons (Fsp3) is 0.429. The van der Waals surface area contributed by atoms with Gasteiger partial charge >= 0.3 is 6.09 Å². The molecule has 1 amide bonds. The van der Waals surface area contributed by atoms with Crippen LogP contribution >= 0.6 is 24.0 Å². The minimum Gasteiger partial charge on any atom is -0.442 e. The molecule has 0 aliphatic carbocycles. The van der Waals surface area contributed by atoms with Gasteiger partial charge in [-0.3, -0.25) is 4.90 Å². The molecule has 2 rings (SSSR count). The van der Waals surface area contributed by atoms with Gasteiger partial charge in [0.15, 0.2) is 0 Å². The number of carbonyl (C=O) groups is 1. The zero-order valence-corrected chi connectivity index (χ0v) is 13.7. The molecule has 0 spiro atoms. The number of thiocarbonyl (C=S) groups is 1. The van der Waals surface area contributed by atoms with Gasteiger partial charge in [-0.1, -0.05) is 12.2 Å². The summed E-state index contributed by atoms with van der Waals surface area (Å²) in [5, 5.41) is 11.7. The normalized spacial score (nSPS) is 17.5. The Bertz CT molecular complexity index is 571. The van der Waals surface area contributed by atoms with Gasteiger partial charge in [0.25, 0.3) is 0 Å². The molecule has 0 radical (unpaired) electrons. The first-order valence-electron chi connectivity index (χ1n) is 6.77. The summed E-state index contributed by atoms with van der Waals surface area (Å²) in [7, 11) is 0. The molecule has 1 fully saturated rings. The van der Waals surface area contributed by atoms with Crippen molar-refractivity contribution in [3.05, 3.63) is 24.0 Å². The summed E-state index contributed by atoms with van der Waals surface area (Å²) in [5.74, 6) is 0.00670. The highest BCUT2D eigenvalue weighted by Crippen LogP contribution is 2.28. The molecular weight excluding hydrogens is 327 g/mol. The molecule has 1 aromatic carbocycles. The molecule has 8 heteroatoms. The molecule has 120 valence electrons. The van der Waals surface area contributed by atoms with Crippen molar-refractivity contribution in [2.45, 2.75) is 17.9 Å². The zero-order chi connectivity index (χ0) is 16.1. The zero-order valence-electron chi connectivity index (χ0n) is 12.0. The van der Waals surface area contributed by atoms with Crippen LogP contribution in [0.4, 0.5) is 14.9 Å². The van der Waals surface area contributed by atoms with Gasteiger partial charge in [-0.05, 0) is 25.1 Å². The Balaban J connectivity index is 2.03. The third kappa shape index (κ3) is 4.31. The highest BCUT2D eigenvalue weighted by molar-refractivity contribution is 7.99. The largest absolute Gasteiger partial charge is 0.442 e. The fourth-order valence-electron chi connectivity index (χ4n) is 2.03. The van der Waals surface area contributed by atoms with Crippen LogP contribution in [0.1, 0.15) is 6.92 Å². The number of anilines is 1. The molecule has 1 aromatic rings. The first-order chi connectivity index (χ1) is 10.5. The van der Waals surface area contributed by atoms with E-state index in [4.69, 9.17) is 22.1 Å². The van der Waals surface area contributed by atoms with Crippen molar-refractivity contribution in [1.82, 2.24) is 5.32 Å². The van der Waals surface area contributed by atoms with Crippen molar-refractivity contribution in [3.63, 3.8) is 0 Å². The quantitative estimate of drug-likeness (QED) is 0.609. The van der Waals surface area contributed by atoms with Crippen LogP contribution in [-0.2, 0) is 4.74 Å². The Morgan fingerprint density at radius 1 is 1.64 bits per heavy atom. The average Bonchev–Trinajstić information content (AvgIpc) is 2.85. The number of cyclic esters (lactones) is 1. The first kappa shape index (κ1) is 17.0. The van der Waals surface area contributed by atoms with Crippen molar-refractivity contribution in [2.24, 2.45) is 0 Å². The monoisotopic (exact) mass is 344 g/mol. The van der Waals surface area contributed by atoms with Crippen molar-refractivity contribution < 1.29 is 19.0 Å². The highest BCUT2D eigenvalue weighted by atomic mass is 32.2. The van der Waals surface area contributed by atoms with Crippen LogP contribution < -0.4 is 10.2 Å². The Hall–Kier alpha value is -1.38. The Kier molecular flexibility index (Phi) is 5.98. The van der Waals surface area contributed by atoms with Gasteiger partial charge in [0.1, 0.15) is 11.9 Å². The highest BCUT2D eigenvalue weighted by Gasteiger charge is 2.32. The first-order valence-corrected chi connectivity index (χ1v) is 8.16. The lowest BCUT2D eigenvalue weighted by Crippen LogP contribution is -2.32. The van der Waals surface area contributed by atoms with Crippen molar-refractivity contribution in [1.29, 1.82) is 0 Å². The molecule has 0 bridgehead atoms. The minimum absolute atomic E-state index is 0.0156. The number of nitrogens with zero attached hydrogens (tertiary/aromatic N) is 1. The van der Waals surface area contributed by atoms with Gasteiger partial charge in [-0.25, -0.2) is 9.18 Å². The standard InChI is InChI=1S/C14H17FN2O3S2/c1-9(21)16-7-11-8-17(14(19)20-11)10-2-3-13(12(15)6-10)22-5-4-18/h2-3,6,11,18H,4-5,7-8H2,1H3,(H,16,21). The number of carbonyl (C=O) groups excluding carboxylic acids is 1. The summed E-state index contributed by atoms with van der Waals surface area (Å²) in [4.78, 5) is 14.4. The van der Waals surface area contributed by atoms with E-state index in [-0.39, 0.29) is 12.7 Å². The maximum absolute atomic E-state index is 14.0. The van der Waals surface area contributed by atoms with Crippen molar-refractivity contribution in [2.75, 3.05) is 30.3 Å². The van der Waals surface area contributed by atoms with Gasteiger partial charge in [-0.15, -0.1) is 11.8 Å². The third-order valence-electron chi connectivity index (χ3n) is 3.03. The SMILES string of the molecule is CC(=S)NCC1CN(c2ccc(SCCO)c(F)c2)C(=O)O1. The lowest BCUT2D eigenvalue weighted by molar-refractivity contribution is 0.143. The summed E-state index contributed by atoms with van der Waals surface area (Å²) in [5.41, 5.74) is 0.456. The number of amides is 1. The van der Waals surface area contributed by atoms with E-state index >= 15 is 0 Å². The maximum Gasteiger partial charge on any atom is 0.414 e. The minimum atomic E-state index is -0.496. The molecule has 1 aliphatic rings. The molecular formula is C14H17FN2O3S2. The van der Waals surface area contributed by atoms with Crippen molar-refractivity contribution >= 4 is 40.7 Å². The molecule has 1 atom stereocenters. The van der Waals surface area contributed by atoms with E-state index in [0.717, 1.165) is 0 Å². The Morgan fingerprint density at radius 2 is 2.41 bits per heavy atom. The van der Waals surface area contributed by atoms with E-state index in [0.29, 0.717) is 34.4 Å².